The summed E-state index contributed by atoms with van der Waals surface area (Å²) in [5.41, 5.74) is -0.467. The number of hydrogen-bond donors (Lipinski definition) is 0. The number of alkyl halides is 3. The number of aromatic nitrogens is 5. The van der Waals surface area contributed by atoms with Crippen molar-refractivity contribution in [3.8, 4) is 17.5 Å². The van der Waals surface area contributed by atoms with Gasteiger partial charge in [-0.05, 0) is 12.1 Å². The molecule has 4 heterocycles. The molecule has 4 aromatic rings. The van der Waals surface area contributed by atoms with Gasteiger partial charge in [-0.15, -0.1) is 10.2 Å². The van der Waals surface area contributed by atoms with Crippen LogP contribution in [0.3, 0.4) is 0 Å². The minimum Gasteiger partial charge on any atom is -0.477 e. The first-order valence-electron chi connectivity index (χ1n) is 8.09. The standard InChI is InChI=1S/C16H12F3N5O4S/c1-29(25,26)5-4-27-13-6-10(16(17,18)19)9-2-3-12-21-11(15-23-20-8-28-15)7-24(12)14(9)22-13/h2-3,6-8H,4-5H2,1H3. The summed E-state index contributed by atoms with van der Waals surface area (Å²) in [4.78, 5) is 8.38. The minimum absolute atomic E-state index is 0.0649. The summed E-state index contributed by atoms with van der Waals surface area (Å²) >= 11 is 0. The Bertz CT molecular complexity index is 1300. The van der Waals surface area contributed by atoms with Crippen LogP contribution in [0.2, 0.25) is 0 Å². The van der Waals surface area contributed by atoms with Crippen LogP contribution in [0.25, 0.3) is 28.3 Å². The van der Waals surface area contributed by atoms with Crippen LogP contribution in [-0.2, 0) is 16.0 Å². The van der Waals surface area contributed by atoms with Gasteiger partial charge < -0.3 is 9.15 Å². The Labute approximate surface area is 161 Å². The van der Waals surface area contributed by atoms with Crippen LogP contribution < -0.4 is 4.74 Å². The van der Waals surface area contributed by atoms with Crippen LogP contribution in [0, 0.1) is 0 Å². The van der Waals surface area contributed by atoms with Crippen molar-refractivity contribution in [2.24, 2.45) is 0 Å². The average molecular weight is 427 g/mol. The molecule has 0 atom stereocenters. The lowest BCUT2D eigenvalue weighted by Gasteiger charge is -2.13. The summed E-state index contributed by atoms with van der Waals surface area (Å²) in [5.74, 6) is -0.613. The van der Waals surface area contributed by atoms with Crippen molar-refractivity contribution in [3.05, 3.63) is 36.4 Å². The van der Waals surface area contributed by atoms with Gasteiger partial charge in [0.15, 0.2) is 9.84 Å². The van der Waals surface area contributed by atoms with Gasteiger partial charge in [0.25, 0.3) is 5.89 Å². The van der Waals surface area contributed by atoms with E-state index in [9.17, 15) is 21.6 Å². The summed E-state index contributed by atoms with van der Waals surface area (Å²) in [7, 11) is -3.35. The molecule has 0 radical (unpaired) electrons. The van der Waals surface area contributed by atoms with Crippen molar-refractivity contribution in [1.29, 1.82) is 0 Å². The predicted molar refractivity (Wildman–Crippen MR) is 94.0 cm³/mol. The smallest absolute Gasteiger partial charge is 0.417 e. The van der Waals surface area contributed by atoms with Gasteiger partial charge in [-0.2, -0.15) is 18.2 Å². The van der Waals surface area contributed by atoms with Crippen LogP contribution in [-0.4, -0.2) is 51.6 Å². The monoisotopic (exact) mass is 427 g/mol. The van der Waals surface area contributed by atoms with E-state index < -0.39 is 21.6 Å². The molecule has 9 nitrogen and oxygen atoms in total. The summed E-state index contributed by atoms with van der Waals surface area (Å²) in [6, 6.07) is 3.40. The van der Waals surface area contributed by atoms with E-state index in [1.807, 2.05) is 0 Å². The summed E-state index contributed by atoms with van der Waals surface area (Å²) in [5, 5.41) is 7.10. The lowest BCUT2D eigenvalue weighted by atomic mass is 10.1. The van der Waals surface area contributed by atoms with E-state index in [4.69, 9.17) is 9.15 Å². The van der Waals surface area contributed by atoms with Gasteiger partial charge in [-0.25, -0.2) is 13.4 Å². The van der Waals surface area contributed by atoms with Gasteiger partial charge in [-0.3, -0.25) is 4.40 Å². The number of nitrogens with zero attached hydrogens (tertiary/aromatic N) is 5. The highest BCUT2D eigenvalue weighted by Gasteiger charge is 2.34. The Kier molecular flexibility index (Phi) is 4.41. The molecule has 0 N–H and O–H groups in total. The van der Waals surface area contributed by atoms with E-state index >= 15 is 0 Å². The largest absolute Gasteiger partial charge is 0.477 e. The molecule has 0 unspecified atom stereocenters. The third-order valence-corrected chi connectivity index (χ3v) is 4.87. The van der Waals surface area contributed by atoms with E-state index in [1.165, 1.54) is 22.7 Å². The first kappa shape index (κ1) is 19.1. The van der Waals surface area contributed by atoms with E-state index in [2.05, 4.69) is 20.2 Å². The zero-order chi connectivity index (χ0) is 20.8. The summed E-state index contributed by atoms with van der Waals surface area (Å²) in [6.07, 6.45) is -1.16. The van der Waals surface area contributed by atoms with Crippen molar-refractivity contribution in [1.82, 2.24) is 24.6 Å². The number of rotatable bonds is 5. The second kappa shape index (κ2) is 6.69. The second-order valence-electron chi connectivity index (χ2n) is 6.15. The molecular weight excluding hydrogens is 415 g/mol. The first-order valence-corrected chi connectivity index (χ1v) is 10.1. The second-order valence-corrected chi connectivity index (χ2v) is 8.41. The Morgan fingerprint density at radius 3 is 2.69 bits per heavy atom. The molecule has 0 bridgehead atoms. The molecule has 0 fully saturated rings. The number of halogens is 3. The van der Waals surface area contributed by atoms with E-state index in [0.717, 1.165) is 18.7 Å². The molecular formula is C16H12F3N5O4S. The average Bonchev–Trinajstić information content (AvgIpc) is 3.28. The first-order chi connectivity index (χ1) is 13.6. The number of sulfone groups is 1. The topological polar surface area (TPSA) is 112 Å². The zero-order valence-corrected chi connectivity index (χ0v) is 15.5. The molecule has 0 aliphatic carbocycles. The van der Waals surface area contributed by atoms with Crippen molar-refractivity contribution < 1.29 is 30.7 Å². The lowest BCUT2D eigenvalue weighted by Crippen LogP contribution is -2.14. The minimum atomic E-state index is -4.68. The van der Waals surface area contributed by atoms with Crippen LogP contribution in [0.4, 0.5) is 13.2 Å². The molecule has 0 aliphatic heterocycles. The third-order valence-electron chi connectivity index (χ3n) is 3.96. The van der Waals surface area contributed by atoms with Gasteiger partial charge in [0, 0.05) is 23.9 Å². The maximum absolute atomic E-state index is 13.6. The Balaban J connectivity index is 1.87. The maximum Gasteiger partial charge on any atom is 0.417 e. The van der Waals surface area contributed by atoms with Gasteiger partial charge >= 0.3 is 6.18 Å². The molecule has 0 saturated carbocycles. The predicted octanol–water partition coefficient (Wildman–Crippen LogP) is 2.37. The zero-order valence-electron chi connectivity index (χ0n) is 14.7. The van der Waals surface area contributed by atoms with Gasteiger partial charge in [-0.1, -0.05) is 0 Å². The van der Waals surface area contributed by atoms with Crippen LogP contribution >= 0.6 is 0 Å². The highest BCUT2D eigenvalue weighted by atomic mass is 32.2. The Morgan fingerprint density at radius 1 is 1.24 bits per heavy atom. The van der Waals surface area contributed by atoms with Crippen molar-refractivity contribution in [3.63, 3.8) is 0 Å². The van der Waals surface area contributed by atoms with Gasteiger partial charge in [0.1, 0.15) is 23.6 Å². The summed E-state index contributed by atoms with van der Waals surface area (Å²) < 4.78 is 74.9. The van der Waals surface area contributed by atoms with Crippen molar-refractivity contribution in [2.45, 2.75) is 6.18 Å². The Morgan fingerprint density at radius 2 is 2.03 bits per heavy atom. The van der Waals surface area contributed by atoms with Gasteiger partial charge in [0.2, 0.25) is 12.3 Å². The molecule has 4 aromatic heterocycles. The SMILES string of the molecule is CS(=O)(=O)CCOc1cc(C(F)(F)F)c2ccc3nc(-c4nnco4)cn3c2n1. The fourth-order valence-electron chi connectivity index (χ4n) is 2.70. The van der Waals surface area contributed by atoms with E-state index in [0.29, 0.717) is 5.65 Å². The van der Waals surface area contributed by atoms with Crippen molar-refractivity contribution in [2.75, 3.05) is 18.6 Å². The normalized spacial score (nSPS) is 12.7. The highest BCUT2D eigenvalue weighted by molar-refractivity contribution is 7.90. The molecule has 0 aliphatic rings. The highest BCUT2D eigenvalue weighted by Crippen LogP contribution is 2.37. The van der Waals surface area contributed by atoms with Crippen LogP contribution in [0.5, 0.6) is 5.88 Å². The molecule has 152 valence electrons. The molecule has 4 rings (SSSR count). The lowest BCUT2D eigenvalue weighted by molar-refractivity contribution is -0.136. The summed E-state index contributed by atoms with van der Waals surface area (Å²) in [6.45, 7) is -0.332. The number of ether oxygens (including phenoxy) is 1. The van der Waals surface area contributed by atoms with Crippen molar-refractivity contribution >= 4 is 26.5 Å². The number of hydrogen-bond acceptors (Lipinski definition) is 8. The number of imidazole rings is 1. The third kappa shape index (κ3) is 3.85. The fourth-order valence-corrected chi connectivity index (χ4v) is 3.09. The fraction of sp³-hybridized carbons (Fsp3) is 0.250. The number of fused-ring (bicyclic) bond motifs is 3. The van der Waals surface area contributed by atoms with Crippen LogP contribution in [0.1, 0.15) is 5.56 Å². The maximum atomic E-state index is 13.6. The molecule has 0 spiro atoms. The van der Waals surface area contributed by atoms with E-state index in [-0.39, 0.29) is 40.9 Å². The molecule has 0 aromatic carbocycles. The Hall–Kier alpha value is -3.22. The van der Waals surface area contributed by atoms with Crippen LogP contribution in [0.15, 0.2) is 35.2 Å². The molecule has 29 heavy (non-hydrogen) atoms. The number of pyridine rings is 2. The molecule has 0 amide bonds. The van der Waals surface area contributed by atoms with Gasteiger partial charge in [0.05, 0.1) is 11.3 Å². The quantitative estimate of drug-likeness (QED) is 0.477. The van der Waals surface area contributed by atoms with E-state index in [1.54, 1.807) is 0 Å². The molecule has 0 saturated heterocycles. The molecule has 13 heteroatoms.